The smallest absolute Gasteiger partial charge is 0.406 e. The summed E-state index contributed by atoms with van der Waals surface area (Å²) in [6.07, 6.45) is -3.88. The first kappa shape index (κ1) is 25.6. The number of amides is 1. The fourth-order valence-electron chi connectivity index (χ4n) is 3.50. The molecular weight excluding hydrogens is 467 g/mol. The first-order valence-electron chi connectivity index (χ1n) is 10.7. The molecule has 0 unspecified atom stereocenters. The molecule has 0 saturated heterocycles. The molecule has 1 atom stereocenters. The number of thioether (sulfide) groups is 1. The molecule has 3 rings (SSSR count). The summed E-state index contributed by atoms with van der Waals surface area (Å²) in [6.45, 7) is 2.68. The Morgan fingerprint density at radius 1 is 1.12 bits per heavy atom. The maximum Gasteiger partial charge on any atom is 0.573 e. The van der Waals surface area contributed by atoms with Gasteiger partial charge in [-0.1, -0.05) is 49.0 Å². The highest BCUT2D eigenvalue weighted by atomic mass is 32.2. The predicted molar refractivity (Wildman–Crippen MR) is 124 cm³/mol. The predicted octanol–water partition coefficient (Wildman–Crippen LogP) is 3.55. The summed E-state index contributed by atoms with van der Waals surface area (Å²) in [6, 6.07) is 15.1. The highest BCUT2D eigenvalue weighted by Gasteiger charge is 2.31. The molecule has 1 amide bonds. The van der Waals surface area contributed by atoms with Crippen molar-refractivity contribution in [3.63, 3.8) is 0 Å². The Bertz CT molecular complexity index is 1070. The Morgan fingerprint density at radius 2 is 1.79 bits per heavy atom. The Labute approximate surface area is 200 Å². The van der Waals surface area contributed by atoms with E-state index in [4.69, 9.17) is 0 Å². The van der Waals surface area contributed by atoms with Crippen LogP contribution in [0.4, 0.5) is 18.9 Å². The zero-order chi connectivity index (χ0) is 24.7. The van der Waals surface area contributed by atoms with Crippen LogP contribution in [0.1, 0.15) is 30.8 Å². The standard InChI is InChI=1S/C23H26F3N5O2S/c1-4-19(30(2)3)21-28-29-22(31(21)14-16-8-6-5-7-9-16)34-15-20(32)27-17-10-12-18(13-11-17)33-23(24,25)26/h5-13,19H,4,14-15H2,1-3H3,(H,27,32)/p+1/t19-/m0/s1. The lowest BCUT2D eigenvalue weighted by molar-refractivity contribution is -0.893. The normalized spacial score (nSPS) is 12.6. The highest BCUT2D eigenvalue weighted by molar-refractivity contribution is 7.99. The number of alkyl halides is 3. The summed E-state index contributed by atoms with van der Waals surface area (Å²) in [5, 5.41) is 12.1. The van der Waals surface area contributed by atoms with Gasteiger partial charge in [-0.2, -0.15) is 0 Å². The monoisotopic (exact) mass is 494 g/mol. The van der Waals surface area contributed by atoms with Crippen LogP contribution in [0, 0.1) is 0 Å². The number of hydrogen-bond acceptors (Lipinski definition) is 5. The SMILES string of the molecule is CC[C@@H](c1nnc(SCC(=O)Nc2ccc(OC(F)(F)F)cc2)n1Cc1ccccc1)[NH+](C)C. The number of quaternary nitrogens is 1. The molecule has 0 saturated carbocycles. The molecule has 182 valence electrons. The highest BCUT2D eigenvalue weighted by Crippen LogP contribution is 2.25. The van der Waals surface area contributed by atoms with Gasteiger partial charge >= 0.3 is 6.36 Å². The van der Waals surface area contributed by atoms with E-state index >= 15 is 0 Å². The molecule has 0 radical (unpaired) electrons. The second kappa shape index (κ2) is 11.4. The fraction of sp³-hybridized carbons (Fsp3) is 0.348. The van der Waals surface area contributed by atoms with E-state index < -0.39 is 6.36 Å². The lowest BCUT2D eigenvalue weighted by Gasteiger charge is -2.20. The van der Waals surface area contributed by atoms with Crippen LogP contribution >= 0.6 is 11.8 Å². The van der Waals surface area contributed by atoms with Crippen LogP contribution in [0.25, 0.3) is 0 Å². The lowest BCUT2D eigenvalue weighted by atomic mass is 10.2. The van der Waals surface area contributed by atoms with Gasteiger partial charge in [0.15, 0.2) is 11.0 Å². The quantitative estimate of drug-likeness (QED) is 0.422. The van der Waals surface area contributed by atoms with Crippen molar-refractivity contribution >= 4 is 23.4 Å². The van der Waals surface area contributed by atoms with Gasteiger partial charge in [0.1, 0.15) is 11.8 Å². The van der Waals surface area contributed by atoms with Crippen molar-refractivity contribution in [3.8, 4) is 5.75 Å². The van der Waals surface area contributed by atoms with E-state index in [2.05, 4.69) is 41.3 Å². The van der Waals surface area contributed by atoms with Gasteiger partial charge in [-0.05, 0) is 29.8 Å². The van der Waals surface area contributed by atoms with Crippen molar-refractivity contribution in [2.45, 2.75) is 37.4 Å². The molecule has 0 fully saturated rings. The molecule has 7 nitrogen and oxygen atoms in total. The van der Waals surface area contributed by atoms with E-state index in [1.165, 1.54) is 28.8 Å². The van der Waals surface area contributed by atoms with E-state index in [-0.39, 0.29) is 23.5 Å². The van der Waals surface area contributed by atoms with E-state index in [0.29, 0.717) is 17.4 Å². The van der Waals surface area contributed by atoms with Gasteiger partial charge in [0.2, 0.25) is 5.91 Å². The molecule has 0 aliphatic rings. The summed E-state index contributed by atoms with van der Waals surface area (Å²) < 4.78 is 42.8. The zero-order valence-corrected chi connectivity index (χ0v) is 19.9. The van der Waals surface area contributed by atoms with Crippen LogP contribution in [-0.4, -0.2) is 46.9 Å². The number of benzene rings is 2. The first-order valence-corrected chi connectivity index (χ1v) is 11.7. The topological polar surface area (TPSA) is 73.5 Å². The van der Waals surface area contributed by atoms with Crippen LogP contribution in [0.3, 0.4) is 0 Å². The number of aromatic nitrogens is 3. The van der Waals surface area contributed by atoms with Crippen LogP contribution in [0.5, 0.6) is 5.75 Å². The molecule has 0 spiro atoms. The number of ether oxygens (including phenoxy) is 1. The van der Waals surface area contributed by atoms with Crippen LogP contribution in [0.2, 0.25) is 0 Å². The van der Waals surface area contributed by atoms with Gasteiger partial charge in [0.25, 0.3) is 0 Å². The fourth-order valence-corrected chi connectivity index (χ4v) is 4.24. The number of rotatable bonds is 10. The van der Waals surface area contributed by atoms with Crippen molar-refractivity contribution in [3.05, 3.63) is 66.0 Å². The van der Waals surface area contributed by atoms with Gasteiger partial charge in [-0.25, -0.2) is 0 Å². The summed E-state index contributed by atoms with van der Waals surface area (Å²) in [7, 11) is 4.14. The number of carbonyl (C=O) groups excluding carboxylic acids is 1. The Balaban J connectivity index is 1.69. The molecule has 34 heavy (non-hydrogen) atoms. The largest absolute Gasteiger partial charge is 0.573 e. The third kappa shape index (κ3) is 7.22. The van der Waals surface area contributed by atoms with E-state index in [1.807, 2.05) is 34.9 Å². The number of halogens is 3. The molecule has 11 heteroatoms. The van der Waals surface area contributed by atoms with Crippen molar-refractivity contribution in [2.75, 3.05) is 25.2 Å². The minimum Gasteiger partial charge on any atom is -0.406 e. The van der Waals surface area contributed by atoms with Crippen molar-refractivity contribution in [1.29, 1.82) is 0 Å². The second-order valence-corrected chi connectivity index (χ2v) is 8.80. The number of nitrogens with one attached hydrogen (secondary N) is 2. The molecular formula is C23H27F3N5O2S+. The van der Waals surface area contributed by atoms with Crippen LogP contribution in [-0.2, 0) is 11.3 Å². The molecule has 0 aliphatic heterocycles. The number of carbonyl (C=O) groups is 1. The average molecular weight is 495 g/mol. The third-order valence-electron chi connectivity index (χ3n) is 5.05. The molecule has 3 aromatic rings. The van der Waals surface area contributed by atoms with Crippen molar-refractivity contribution in [2.24, 2.45) is 0 Å². The van der Waals surface area contributed by atoms with Gasteiger partial charge in [-0.15, -0.1) is 23.4 Å². The maximum absolute atomic E-state index is 12.5. The Morgan fingerprint density at radius 3 is 2.38 bits per heavy atom. The summed E-state index contributed by atoms with van der Waals surface area (Å²) in [5.41, 5.74) is 1.47. The van der Waals surface area contributed by atoms with Crippen LogP contribution in [0.15, 0.2) is 59.8 Å². The Hall–Kier alpha value is -3.05. The molecule has 1 heterocycles. The Kier molecular flexibility index (Phi) is 8.56. The van der Waals surface area contributed by atoms with E-state index in [0.717, 1.165) is 29.9 Å². The number of nitrogens with zero attached hydrogens (tertiary/aromatic N) is 3. The molecule has 2 N–H and O–H groups in total. The minimum atomic E-state index is -4.76. The molecule has 0 bridgehead atoms. The summed E-state index contributed by atoms with van der Waals surface area (Å²) in [4.78, 5) is 13.7. The number of hydrogen-bond donors (Lipinski definition) is 2. The maximum atomic E-state index is 12.5. The van der Waals surface area contributed by atoms with Gasteiger partial charge in [0, 0.05) is 12.1 Å². The number of anilines is 1. The molecule has 2 aromatic carbocycles. The van der Waals surface area contributed by atoms with Crippen molar-refractivity contribution in [1.82, 2.24) is 14.8 Å². The lowest BCUT2D eigenvalue weighted by Crippen LogP contribution is -3.06. The van der Waals surface area contributed by atoms with Gasteiger partial charge < -0.3 is 15.0 Å². The van der Waals surface area contributed by atoms with Crippen LogP contribution < -0.4 is 15.0 Å². The summed E-state index contributed by atoms with van der Waals surface area (Å²) in [5.74, 6) is 0.263. The average Bonchev–Trinajstić information content (AvgIpc) is 3.16. The molecule has 0 aliphatic carbocycles. The van der Waals surface area contributed by atoms with Gasteiger partial charge in [-0.3, -0.25) is 9.36 Å². The third-order valence-corrected chi connectivity index (χ3v) is 6.02. The summed E-state index contributed by atoms with van der Waals surface area (Å²) >= 11 is 1.26. The van der Waals surface area contributed by atoms with E-state index in [1.54, 1.807) is 0 Å². The zero-order valence-electron chi connectivity index (χ0n) is 19.1. The minimum absolute atomic E-state index is 0.0688. The van der Waals surface area contributed by atoms with Crippen molar-refractivity contribution < 1.29 is 27.6 Å². The van der Waals surface area contributed by atoms with E-state index in [9.17, 15) is 18.0 Å². The first-order chi connectivity index (χ1) is 16.2. The molecule has 1 aromatic heterocycles. The van der Waals surface area contributed by atoms with Gasteiger partial charge in [0.05, 0.1) is 26.4 Å². The second-order valence-electron chi connectivity index (χ2n) is 7.86.